The molecule has 2 aliphatic heterocycles. The van der Waals surface area contributed by atoms with Crippen molar-refractivity contribution in [2.75, 3.05) is 26.2 Å². The van der Waals surface area contributed by atoms with E-state index in [9.17, 15) is 9.90 Å². The lowest BCUT2D eigenvalue weighted by atomic mass is 9.75. The smallest absolute Gasteiger partial charge is 0.311 e. The number of fused-ring (bicyclic) bond motifs is 1. The molecule has 0 spiro atoms. The van der Waals surface area contributed by atoms with Gasteiger partial charge >= 0.3 is 5.97 Å². The van der Waals surface area contributed by atoms with Gasteiger partial charge in [-0.15, -0.1) is 0 Å². The summed E-state index contributed by atoms with van der Waals surface area (Å²) in [7, 11) is 2.00. The van der Waals surface area contributed by atoms with Crippen LogP contribution >= 0.6 is 0 Å². The quantitative estimate of drug-likeness (QED) is 0.879. The fourth-order valence-corrected chi connectivity index (χ4v) is 4.62. The van der Waals surface area contributed by atoms with Crippen LogP contribution in [0.2, 0.25) is 0 Å². The zero-order chi connectivity index (χ0) is 18.1. The fraction of sp³-hybridized carbons (Fsp3) is 0.579. The Balaban J connectivity index is 1.50. The molecular formula is C19H26N4O3. The highest BCUT2D eigenvalue weighted by Gasteiger charge is 2.53. The van der Waals surface area contributed by atoms with E-state index in [0.29, 0.717) is 6.54 Å². The highest BCUT2D eigenvalue weighted by Crippen LogP contribution is 2.43. The summed E-state index contributed by atoms with van der Waals surface area (Å²) >= 11 is 0. The molecule has 0 radical (unpaired) electrons. The molecule has 7 heteroatoms. The van der Waals surface area contributed by atoms with E-state index in [2.05, 4.69) is 14.8 Å². The molecule has 0 unspecified atom stereocenters. The van der Waals surface area contributed by atoms with Crippen LogP contribution in [0, 0.1) is 11.3 Å². The third kappa shape index (κ3) is 3.17. The van der Waals surface area contributed by atoms with Crippen LogP contribution in [-0.4, -0.2) is 56.6 Å². The molecule has 1 N–H and O–H groups in total. The van der Waals surface area contributed by atoms with Gasteiger partial charge in [-0.1, -0.05) is 0 Å². The van der Waals surface area contributed by atoms with Gasteiger partial charge in [0.1, 0.15) is 5.82 Å². The minimum atomic E-state index is -0.643. The van der Waals surface area contributed by atoms with Crippen molar-refractivity contribution in [2.24, 2.45) is 18.4 Å². The Hall–Kier alpha value is -2.12. The second kappa shape index (κ2) is 6.89. The number of rotatable bonds is 5. The Morgan fingerprint density at radius 1 is 1.38 bits per heavy atom. The van der Waals surface area contributed by atoms with E-state index in [1.165, 1.54) is 0 Å². The Bertz CT molecular complexity index is 757. The van der Waals surface area contributed by atoms with Crippen molar-refractivity contribution < 1.29 is 14.3 Å². The number of carbonyl (C=O) groups is 1. The number of nitrogens with zero attached hydrogens (tertiary/aromatic N) is 4. The third-order valence-corrected chi connectivity index (χ3v) is 6.04. The molecular weight excluding hydrogens is 332 g/mol. The highest BCUT2D eigenvalue weighted by molar-refractivity contribution is 5.76. The van der Waals surface area contributed by atoms with Crippen LogP contribution in [0.3, 0.4) is 0 Å². The molecule has 0 aromatic carbocycles. The number of imidazole rings is 1. The lowest BCUT2D eigenvalue weighted by molar-refractivity contribution is -0.151. The van der Waals surface area contributed by atoms with Crippen molar-refractivity contribution in [1.29, 1.82) is 0 Å². The van der Waals surface area contributed by atoms with E-state index in [4.69, 9.17) is 4.42 Å². The maximum atomic E-state index is 12.3. The van der Waals surface area contributed by atoms with Gasteiger partial charge in [-0.25, -0.2) is 4.98 Å². The van der Waals surface area contributed by atoms with E-state index < -0.39 is 11.4 Å². The van der Waals surface area contributed by atoms with E-state index in [1.54, 1.807) is 12.5 Å². The number of carboxylic acids is 1. The molecule has 2 aromatic rings. The zero-order valence-electron chi connectivity index (χ0n) is 15.2. The number of aliphatic carboxylic acids is 1. The van der Waals surface area contributed by atoms with Crippen LogP contribution in [0.5, 0.6) is 0 Å². The largest absolute Gasteiger partial charge is 0.481 e. The number of likely N-dealkylation sites (tertiary alicyclic amines) is 2. The van der Waals surface area contributed by atoms with Crippen molar-refractivity contribution >= 4 is 5.97 Å². The van der Waals surface area contributed by atoms with Crippen molar-refractivity contribution in [1.82, 2.24) is 19.4 Å². The van der Waals surface area contributed by atoms with E-state index >= 15 is 0 Å². The monoisotopic (exact) mass is 358 g/mol. The average Bonchev–Trinajstić information content (AvgIpc) is 3.29. The number of aromatic nitrogens is 2. The van der Waals surface area contributed by atoms with Crippen molar-refractivity contribution in [3.05, 3.63) is 42.4 Å². The standard InChI is InChI=1S/C19H26N4O3/c1-21-7-5-20-17(21)12-22-6-2-4-19(18(24)25)14-23(11-16(19)10-22)9-15-3-8-26-13-15/h3,5,7-8,13,16H,2,4,6,9-12,14H2,1H3,(H,24,25)/t16-,19-/m0/s1. The fourth-order valence-electron chi connectivity index (χ4n) is 4.62. The second-order valence-corrected chi connectivity index (χ2v) is 7.75. The van der Waals surface area contributed by atoms with E-state index in [-0.39, 0.29) is 5.92 Å². The second-order valence-electron chi connectivity index (χ2n) is 7.75. The Morgan fingerprint density at radius 2 is 2.23 bits per heavy atom. The minimum absolute atomic E-state index is 0.134. The van der Waals surface area contributed by atoms with Crippen LogP contribution in [0.15, 0.2) is 35.4 Å². The summed E-state index contributed by atoms with van der Waals surface area (Å²) in [4.78, 5) is 21.3. The van der Waals surface area contributed by atoms with Crippen molar-refractivity contribution in [2.45, 2.75) is 25.9 Å². The summed E-state index contributed by atoms with van der Waals surface area (Å²) in [5.74, 6) is 0.520. The van der Waals surface area contributed by atoms with Crippen molar-refractivity contribution in [3.63, 3.8) is 0 Å². The average molecular weight is 358 g/mol. The summed E-state index contributed by atoms with van der Waals surface area (Å²) in [5.41, 5.74) is 0.465. The van der Waals surface area contributed by atoms with E-state index in [0.717, 1.165) is 57.0 Å². The lowest BCUT2D eigenvalue weighted by Crippen LogP contribution is -2.41. The van der Waals surface area contributed by atoms with Crippen molar-refractivity contribution in [3.8, 4) is 0 Å². The molecule has 4 heterocycles. The molecule has 0 saturated carbocycles. The Kier molecular flexibility index (Phi) is 4.58. The minimum Gasteiger partial charge on any atom is -0.481 e. The Labute approximate surface area is 153 Å². The SMILES string of the molecule is Cn1ccnc1CN1CCC[C@]2(C(=O)O)CN(Cc3ccoc3)C[C@@H]2C1. The molecule has 0 bridgehead atoms. The molecule has 2 atom stereocenters. The van der Waals surface area contributed by atoms with Gasteiger partial charge in [0.05, 0.1) is 24.5 Å². The van der Waals surface area contributed by atoms with Gasteiger partial charge in [0.15, 0.2) is 0 Å². The third-order valence-electron chi connectivity index (χ3n) is 6.04. The number of hydrogen-bond donors (Lipinski definition) is 1. The molecule has 140 valence electrons. The first-order valence-electron chi connectivity index (χ1n) is 9.22. The predicted molar refractivity (Wildman–Crippen MR) is 95.3 cm³/mol. The lowest BCUT2D eigenvalue weighted by Gasteiger charge is -2.29. The van der Waals surface area contributed by atoms with Gasteiger partial charge in [0, 0.05) is 57.1 Å². The van der Waals surface area contributed by atoms with Gasteiger partial charge in [-0.05, 0) is 25.5 Å². The summed E-state index contributed by atoms with van der Waals surface area (Å²) in [6, 6.07) is 1.95. The van der Waals surface area contributed by atoms with Crippen LogP contribution in [0.25, 0.3) is 0 Å². The first-order valence-corrected chi connectivity index (χ1v) is 9.22. The van der Waals surface area contributed by atoms with Gasteiger partial charge in [-0.2, -0.15) is 0 Å². The molecule has 2 fully saturated rings. The van der Waals surface area contributed by atoms with Gasteiger partial charge < -0.3 is 14.1 Å². The molecule has 2 aliphatic rings. The highest BCUT2D eigenvalue weighted by atomic mass is 16.4. The first kappa shape index (κ1) is 17.3. The summed E-state index contributed by atoms with van der Waals surface area (Å²) in [6.07, 6.45) is 8.84. The van der Waals surface area contributed by atoms with Gasteiger partial charge in [0.25, 0.3) is 0 Å². The summed E-state index contributed by atoms with van der Waals surface area (Å²) in [5, 5.41) is 10.1. The molecule has 26 heavy (non-hydrogen) atoms. The number of aryl methyl sites for hydroxylation is 1. The Morgan fingerprint density at radius 3 is 2.92 bits per heavy atom. The summed E-state index contributed by atoms with van der Waals surface area (Å²) < 4.78 is 7.20. The van der Waals surface area contributed by atoms with Crippen LogP contribution < -0.4 is 0 Å². The van der Waals surface area contributed by atoms with Gasteiger partial charge in [0.2, 0.25) is 0 Å². The predicted octanol–water partition coefficient (Wildman–Crippen LogP) is 1.81. The maximum absolute atomic E-state index is 12.3. The molecule has 0 amide bonds. The number of carboxylic acid groups (broad SMARTS) is 1. The van der Waals surface area contributed by atoms with Crippen LogP contribution in [0.1, 0.15) is 24.2 Å². The van der Waals surface area contributed by atoms with Crippen LogP contribution in [0.4, 0.5) is 0 Å². The first-order chi connectivity index (χ1) is 12.6. The molecule has 2 aromatic heterocycles. The van der Waals surface area contributed by atoms with Crippen LogP contribution in [-0.2, 0) is 24.9 Å². The molecule has 4 rings (SSSR count). The summed E-state index contributed by atoms with van der Waals surface area (Å²) in [6.45, 7) is 4.70. The maximum Gasteiger partial charge on any atom is 0.311 e. The van der Waals surface area contributed by atoms with Gasteiger partial charge in [-0.3, -0.25) is 14.6 Å². The number of hydrogen-bond acceptors (Lipinski definition) is 5. The number of furan rings is 1. The zero-order valence-corrected chi connectivity index (χ0v) is 15.2. The molecule has 7 nitrogen and oxygen atoms in total. The molecule has 2 saturated heterocycles. The van der Waals surface area contributed by atoms with E-state index in [1.807, 2.05) is 30.1 Å². The topological polar surface area (TPSA) is 74.7 Å². The molecule has 0 aliphatic carbocycles. The normalized spacial score (nSPS) is 27.3.